The van der Waals surface area contributed by atoms with Crippen molar-refractivity contribution < 1.29 is 4.79 Å². The Kier molecular flexibility index (Phi) is 3.95. The molecule has 1 amide bonds. The van der Waals surface area contributed by atoms with E-state index in [0.29, 0.717) is 18.2 Å². The Hall–Kier alpha value is -2.23. The maximum atomic E-state index is 12.1. The van der Waals surface area contributed by atoms with E-state index in [0.717, 1.165) is 18.5 Å². The average molecular weight is 281 g/mol. The minimum absolute atomic E-state index is 0.148. The molecule has 4 heteroatoms. The number of hydrogen-bond acceptors (Lipinski definition) is 3. The summed E-state index contributed by atoms with van der Waals surface area (Å²) >= 11 is 0. The molecule has 0 spiro atoms. The van der Waals surface area contributed by atoms with E-state index in [1.807, 2.05) is 6.92 Å². The van der Waals surface area contributed by atoms with Crippen LogP contribution in [-0.4, -0.2) is 22.4 Å². The van der Waals surface area contributed by atoms with Crippen molar-refractivity contribution in [1.82, 2.24) is 15.3 Å². The van der Waals surface area contributed by atoms with Crippen LogP contribution < -0.4 is 5.32 Å². The number of aryl methyl sites for hydroxylation is 2. The molecule has 2 aromatic rings. The van der Waals surface area contributed by atoms with Gasteiger partial charge < -0.3 is 5.32 Å². The molecule has 0 aliphatic heterocycles. The van der Waals surface area contributed by atoms with Gasteiger partial charge in [-0.25, -0.2) is 4.98 Å². The molecule has 1 atom stereocenters. The molecule has 0 saturated heterocycles. The van der Waals surface area contributed by atoms with Gasteiger partial charge in [0.05, 0.1) is 11.9 Å². The number of rotatable bonds is 3. The van der Waals surface area contributed by atoms with Gasteiger partial charge in [-0.15, -0.1) is 0 Å². The molecule has 4 nitrogen and oxygen atoms in total. The highest BCUT2D eigenvalue weighted by Crippen LogP contribution is 2.30. The maximum absolute atomic E-state index is 12.1. The van der Waals surface area contributed by atoms with E-state index < -0.39 is 0 Å². The summed E-state index contributed by atoms with van der Waals surface area (Å²) in [4.78, 5) is 20.3. The van der Waals surface area contributed by atoms with Crippen molar-refractivity contribution in [3.05, 3.63) is 59.2 Å². The first-order valence-corrected chi connectivity index (χ1v) is 7.38. The summed E-state index contributed by atoms with van der Waals surface area (Å²) in [7, 11) is 0. The van der Waals surface area contributed by atoms with Gasteiger partial charge in [0.2, 0.25) is 0 Å². The third-order valence-electron chi connectivity index (χ3n) is 4.02. The van der Waals surface area contributed by atoms with Gasteiger partial charge in [0.1, 0.15) is 5.69 Å². The lowest BCUT2D eigenvalue weighted by atomic mass is 9.83. The van der Waals surface area contributed by atoms with Gasteiger partial charge in [-0.05, 0) is 37.3 Å². The molecule has 0 bridgehead atoms. The van der Waals surface area contributed by atoms with E-state index in [1.165, 1.54) is 23.7 Å². The van der Waals surface area contributed by atoms with Crippen molar-refractivity contribution in [3.8, 4) is 0 Å². The normalized spacial score (nSPS) is 17.1. The highest BCUT2D eigenvalue weighted by molar-refractivity contribution is 5.91. The molecule has 1 aliphatic carbocycles. The van der Waals surface area contributed by atoms with Crippen LogP contribution in [0.15, 0.2) is 36.7 Å². The lowest BCUT2D eigenvalue weighted by Crippen LogP contribution is -2.30. The Balaban J connectivity index is 1.66. The Morgan fingerprint density at radius 2 is 2.14 bits per heavy atom. The fourth-order valence-electron chi connectivity index (χ4n) is 2.88. The van der Waals surface area contributed by atoms with E-state index in [4.69, 9.17) is 0 Å². The standard InChI is InChI=1S/C17H19N3O/c1-12-9-19-16(11-18-12)17(21)20-10-14-7-4-6-13-5-2-3-8-15(13)14/h2-3,5,8-9,11,14H,4,6-7,10H2,1H3,(H,20,21). The Morgan fingerprint density at radius 3 is 2.95 bits per heavy atom. The van der Waals surface area contributed by atoms with Crippen LogP contribution in [0.1, 0.15) is 46.1 Å². The van der Waals surface area contributed by atoms with E-state index in [-0.39, 0.29) is 5.91 Å². The number of nitrogens with one attached hydrogen (secondary N) is 1. The smallest absolute Gasteiger partial charge is 0.271 e. The Labute approximate surface area is 124 Å². The van der Waals surface area contributed by atoms with Gasteiger partial charge in [-0.2, -0.15) is 0 Å². The Morgan fingerprint density at radius 1 is 1.29 bits per heavy atom. The van der Waals surface area contributed by atoms with Gasteiger partial charge in [0.25, 0.3) is 5.91 Å². The first kappa shape index (κ1) is 13.7. The molecule has 0 saturated carbocycles. The van der Waals surface area contributed by atoms with E-state index >= 15 is 0 Å². The zero-order chi connectivity index (χ0) is 14.7. The van der Waals surface area contributed by atoms with E-state index in [2.05, 4.69) is 39.6 Å². The zero-order valence-corrected chi connectivity index (χ0v) is 12.2. The Bertz CT molecular complexity index is 637. The summed E-state index contributed by atoms with van der Waals surface area (Å²) < 4.78 is 0. The third kappa shape index (κ3) is 3.10. The lowest BCUT2D eigenvalue weighted by Gasteiger charge is -2.25. The van der Waals surface area contributed by atoms with Crippen LogP contribution >= 0.6 is 0 Å². The molecular formula is C17H19N3O. The fourth-order valence-corrected chi connectivity index (χ4v) is 2.88. The van der Waals surface area contributed by atoms with Gasteiger partial charge in [0, 0.05) is 18.7 Å². The van der Waals surface area contributed by atoms with Crippen molar-refractivity contribution in [2.45, 2.75) is 32.1 Å². The summed E-state index contributed by atoms with van der Waals surface area (Å²) in [5.74, 6) is 0.253. The van der Waals surface area contributed by atoms with Crippen molar-refractivity contribution in [2.75, 3.05) is 6.54 Å². The SMILES string of the molecule is Cc1cnc(C(=O)NCC2CCCc3ccccc32)cn1. The van der Waals surface area contributed by atoms with Crippen LogP contribution in [0.25, 0.3) is 0 Å². The fraction of sp³-hybridized carbons (Fsp3) is 0.353. The molecule has 108 valence electrons. The van der Waals surface area contributed by atoms with Crippen molar-refractivity contribution >= 4 is 5.91 Å². The maximum Gasteiger partial charge on any atom is 0.271 e. The predicted molar refractivity (Wildman–Crippen MR) is 81.2 cm³/mol. The number of carbonyl (C=O) groups is 1. The van der Waals surface area contributed by atoms with Gasteiger partial charge in [-0.1, -0.05) is 24.3 Å². The van der Waals surface area contributed by atoms with E-state index in [1.54, 1.807) is 6.20 Å². The third-order valence-corrected chi connectivity index (χ3v) is 4.02. The van der Waals surface area contributed by atoms with Crippen LogP contribution in [0.3, 0.4) is 0 Å². The molecule has 1 aromatic carbocycles. The van der Waals surface area contributed by atoms with Crippen molar-refractivity contribution in [2.24, 2.45) is 0 Å². The second kappa shape index (κ2) is 6.04. The van der Waals surface area contributed by atoms with Gasteiger partial charge in [0.15, 0.2) is 0 Å². The number of hydrogen-bond donors (Lipinski definition) is 1. The first-order valence-electron chi connectivity index (χ1n) is 7.38. The molecule has 1 N–H and O–H groups in total. The van der Waals surface area contributed by atoms with Crippen molar-refractivity contribution in [3.63, 3.8) is 0 Å². The number of amides is 1. The number of nitrogens with zero attached hydrogens (tertiary/aromatic N) is 2. The van der Waals surface area contributed by atoms with Gasteiger partial charge in [-0.3, -0.25) is 9.78 Å². The number of benzene rings is 1. The highest BCUT2D eigenvalue weighted by Gasteiger charge is 2.20. The summed E-state index contributed by atoms with van der Waals surface area (Å²) in [5.41, 5.74) is 3.98. The monoisotopic (exact) mass is 281 g/mol. The summed E-state index contributed by atoms with van der Waals surface area (Å²) in [6.07, 6.45) is 6.59. The summed E-state index contributed by atoms with van der Waals surface area (Å²) in [5, 5.41) is 2.99. The van der Waals surface area contributed by atoms with Gasteiger partial charge >= 0.3 is 0 Å². The average Bonchev–Trinajstić information content (AvgIpc) is 2.53. The zero-order valence-electron chi connectivity index (χ0n) is 12.2. The molecule has 1 heterocycles. The first-order chi connectivity index (χ1) is 10.2. The highest BCUT2D eigenvalue weighted by atomic mass is 16.1. The largest absolute Gasteiger partial charge is 0.350 e. The van der Waals surface area contributed by atoms with E-state index in [9.17, 15) is 4.79 Å². The molecule has 21 heavy (non-hydrogen) atoms. The minimum Gasteiger partial charge on any atom is -0.350 e. The molecule has 1 aromatic heterocycles. The molecule has 0 radical (unpaired) electrons. The van der Waals surface area contributed by atoms with Crippen LogP contribution in [0, 0.1) is 6.92 Å². The van der Waals surface area contributed by atoms with Crippen molar-refractivity contribution in [1.29, 1.82) is 0 Å². The topological polar surface area (TPSA) is 54.9 Å². The quantitative estimate of drug-likeness (QED) is 0.941. The minimum atomic E-state index is -0.148. The van der Waals surface area contributed by atoms with Crippen LogP contribution in [0.2, 0.25) is 0 Å². The molecular weight excluding hydrogens is 262 g/mol. The molecule has 1 unspecified atom stereocenters. The number of fused-ring (bicyclic) bond motifs is 1. The number of aromatic nitrogens is 2. The predicted octanol–water partition coefficient (Wildman–Crippen LogP) is 2.63. The molecule has 1 aliphatic rings. The lowest BCUT2D eigenvalue weighted by molar-refractivity contribution is 0.0945. The molecule has 0 fully saturated rings. The second-order valence-corrected chi connectivity index (χ2v) is 5.54. The van der Waals surface area contributed by atoms with Crippen LogP contribution in [0.5, 0.6) is 0 Å². The summed E-state index contributed by atoms with van der Waals surface area (Å²) in [6, 6.07) is 8.53. The molecule has 3 rings (SSSR count). The second-order valence-electron chi connectivity index (χ2n) is 5.54. The summed E-state index contributed by atoms with van der Waals surface area (Å²) in [6.45, 7) is 2.51. The van der Waals surface area contributed by atoms with Crippen LogP contribution in [-0.2, 0) is 6.42 Å². The van der Waals surface area contributed by atoms with Crippen LogP contribution in [0.4, 0.5) is 0 Å². The number of carbonyl (C=O) groups excluding carboxylic acids is 1.